The number of carbonyl (C=O) groups excluding carboxylic acids is 2. The fourth-order valence-corrected chi connectivity index (χ4v) is 2.82. The van der Waals surface area contributed by atoms with Crippen LogP contribution >= 0.6 is 0 Å². The number of hydrogen-bond donors (Lipinski definition) is 2. The predicted octanol–water partition coefficient (Wildman–Crippen LogP) is 1.44. The highest BCUT2D eigenvalue weighted by Crippen LogP contribution is 2.30. The van der Waals surface area contributed by atoms with Gasteiger partial charge in [-0.05, 0) is 12.3 Å². The van der Waals surface area contributed by atoms with Gasteiger partial charge >= 0.3 is 5.97 Å². The highest BCUT2D eigenvalue weighted by atomic mass is 16.5. The first-order valence-corrected chi connectivity index (χ1v) is 6.45. The first kappa shape index (κ1) is 12.9. The Bertz CT molecular complexity index is 382. The summed E-state index contributed by atoms with van der Waals surface area (Å²) in [7, 11) is 1.20. The molecule has 18 heavy (non-hydrogen) atoms. The third-order valence-electron chi connectivity index (χ3n) is 3.80. The van der Waals surface area contributed by atoms with E-state index in [-0.39, 0.29) is 11.3 Å². The molecule has 2 rings (SSSR count). The van der Waals surface area contributed by atoms with E-state index < -0.39 is 17.9 Å². The van der Waals surface area contributed by atoms with Crippen molar-refractivity contribution >= 4 is 11.9 Å². The Kier molecular flexibility index (Phi) is 3.89. The minimum atomic E-state index is -0.767. The summed E-state index contributed by atoms with van der Waals surface area (Å²) in [5.74, 6) is -0.933. The van der Waals surface area contributed by atoms with Crippen molar-refractivity contribution in [2.75, 3.05) is 7.11 Å². The van der Waals surface area contributed by atoms with Gasteiger partial charge in [0.05, 0.1) is 13.2 Å². The van der Waals surface area contributed by atoms with Gasteiger partial charge in [0.15, 0.2) is 5.57 Å². The average molecular weight is 253 g/mol. The Labute approximate surface area is 106 Å². The number of amides is 1. The lowest BCUT2D eigenvalue weighted by Crippen LogP contribution is -2.31. The molecule has 1 heterocycles. The Morgan fingerprint density at radius 3 is 2.67 bits per heavy atom. The third kappa shape index (κ3) is 2.49. The normalized spacial score (nSPS) is 25.2. The van der Waals surface area contributed by atoms with Crippen LogP contribution < -0.4 is 5.32 Å². The summed E-state index contributed by atoms with van der Waals surface area (Å²) in [4.78, 5) is 23.0. The molecular formula is C13H19NO4. The molecule has 1 fully saturated rings. The summed E-state index contributed by atoms with van der Waals surface area (Å²) in [6.07, 6.45) is 6.65. The molecule has 0 saturated heterocycles. The van der Waals surface area contributed by atoms with Crippen LogP contribution in [0.4, 0.5) is 0 Å². The Morgan fingerprint density at radius 1 is 1.39 bits per heavy atom. The lowest BCUT2D eigenvalue weighted by molar-refractivity contribution is -0.137. The topological polar surface area (TPSA) is 75.6 Å². The van der Waals surface area contributed by atoms with Crippen LogP contribution in [-0.2, 0) is 14.3 Å². The standard InChI is InChI=1S/C13H19NO4/c1-18-13(17)10-11(15)9(14-12(10)16)7-8-5-3-2-4-6-8/h8-9,15H,2-7H2,1H3,(H,14,16). The zero-order valence-corrected chi connectivity index (χ0v) is 10.6. The molecule has 0 radical (unpaired) electrons. The van der Waals surface area contributed by atoms with Gasteiger partial charge in [0, 0.05) is 0 Å². The molecular weight excluding hydrogens is 234 g/mol. The van der Waals surface area contributed by atoms with Gasteiger partial charge in [0.25, 0.3) is 5.91 Å². The van der Waals surface area contributed by atoms with Gasteiger partial charge in [-0.15, -0.1) is 0 Å². The summed E-state index contributed by atoms with van der Waals surface area (Å²) in [6, 6.07) is -0.422. The number of ether oxygens (including phenoxy) is 1. The Morgan fingerprint density at radius 2 is 2.06 bits per heavy atom. The molecule has 0 aromatic carbocycles. The van der Waals surface area contributed by atoms with E-state index in [2.05, 4.69) is 10.1 Å². The fraction of sp³-hybridized carbons (Fsp3) is 0.692. The zero-order chi connectivity index (χ0) is 13.1. The predicted molar refractivity (Wildman–Crippen MR) is 64.8 cm³/mol. The van der Waals surface area contributed by atoms with E-state index in [4.69, 9.17) is 0 Å². The molecule has 1 aliphatic carbocycles. The molecule has 0 spiro atoms. The van der Waals surface area contributed by atoms with E-state index in [1.165, 1.54) is 26.4 Å². The van der Waals surface area contributed by atoms with E-state index in [0.717, 1.165) is 12.8 Å². The maximum atomic E-state index is 11.6. The second-order valence-electron chi connectivity index (χ2n) is 5.02. The summed E-state index contributed by atoms with van der Waals surface area (Å²) < 4.78 is 4.50. The number of esters is 1. The maximum absolute atomic E-state index is 11.6. The molecule has 1 aliphatic heterocycles. The van der Waals surface area contributed by atoms with Crippen molar-refractivity contribution in [3.63, 3.8) is 0 Å². The molecule has 2 N–H and O–H groups in total. The van der Waals surface area contributed by atoms with Crippen molar-refractivity contribution < 1.29 is 19.4 Å². The number of rotatable bonds is 3. The summed E-state index contributed by atoms with van der Waals surface area (Å²) in [5, 5.41) is 12.6. The monoisotopic (exact) mass is 253 g/mol. The van der Waals surface area contributed by atoms with Crippen LogP contribution in [0.15, 0.2) is 11.3 Å². The van der Waals surface area contributed by atoms with Gasteiger partial charge in [0.2, 0.25) is 0 Å². The maximum Gasteiger partial charge on any atom is 0.347 e. The molecule has 5 nitrogen and oxygen atoms in total. The third-order valence-corrected chi connectivity index (χ3v) is 3.80. The molecule has 5 heteroatoms. The van der Waals surface area contributed by atoms with Crippen LogP contribution in [0, 0.1) is 5.92 Å². The lowest BCUT2D eigenvalue weighted by Gasteiger charge is -2.24. The molecule has 100 valence electrons. The number of nitrogens with one attached hydrogen (secondary N) is 1. The van der Waals surface area contributed by atoms with Gasteiger partial charge in [0.1, 0.15) is 5.76 Å². The lowest BCUT2D eigenvalue weighted by atomic mass is 9.84. The second kappa shape index (κ2) is 5.42. The van der Waals surface area contributed by atoms with Crippen LogP contribution in [0.5, 0.6) is 0 Å². The molecule has 0 aromatic heterocycles. The van der Waals surface area contributed by atoms with Crippen molar-refractivity contribution in [2.24, 2.45) is 5.92 Å². The number of carbonyl (C=O) groups is 2. The number of aliphatic hydroxyl groups is 1. The van der Waals surface area contributed by atoms with E-state index in [1.54, 1.807) is 0 Å². The number of methoxy groups -OCH3 is 1. The highest BCUT2D eigenvalue weighted by molar-refractivity contribution is 6.18. The van der Waals surface area contributed by atoms with Crippen molar-refractivity contribution in [3.05, 3.63) is 11.3 Å². The van der Waals surface area contributed by atoms with Gasteiger partial charge in [-0.25, -0.2) is 4.79 Å². The van der Waals surface area contributed by atoms with Crippen LogP contribution in [0.3, 0.4) is 0 Å². The van der Waals surface area contributed by atoms with Crippen LogP contribution in [-0.4, -0.2) is 30.1 Å². The highest BCUT2D eigenvalue weighted by Gasteiger charge is 2.37. The number of aliphatic hydroxyl groups excluding tert-OH is 1. The van der Waals surface area contributed by atoms with Gasteiger partial charge in [-0.1, -0.05) is 32.1 Å². The van der Waals surface area contributed by atoms with Crippen LogP contribution in [0.25, 0.3) is 0 Å². The molecule has 0 bridgehead atoms. The smallest absolute Gasteiger partial charge is 0.347 e. The molecule has 1 atom stereocenters. The minimum Gasteiger partial charge on any atom is -0.509 e. The average Bonchev–Trinajstić information content (AvgIpc) is 2.65. The summed E-state index contributed by atoms with van der Waals surface area (Å²) in [6.45, 7) is 0. The SMILES string of the molecule is COC(=O)C1=C(O)C(CC2CCCCC2)NC1=O. The Hall–Kier alpha value is -1.52. The quantitative estimate of drug-likeness (QED) is 0.589. The molecule has 1 saturated carbocycles. The van der Waals surface area contributed by atoms with Crippen LogP contribution in [0.2, 0.25) is 0 Å². The Balaban J connectivity index is 2.04. The molecule has 1 amide bonds. The van der Waals surface area contributed by atoms with E-state index in [9.17, 15) is 14.7 Å². The molecule has 2 aliphatic rings. The van der Waals surface area contributed by atoms with E-state index >= 15 is 0 Å². The zero-order valence-electron chi connectivity index (χ0n) is 10.6. The van der Waals surface area contributed by atoms with E-state index in [1.807, 2.05) is 0 Å². The van der Waals surface area contributed by atoms with Gasteiger partial charge in [-0.2, -0.15) is 0 Å². The summed E-state index contributed by atoms with van der Waals surface area (Å²) >= 11 is 0. The van der Waals surface area contributed by atoms with Crippen LogP contribution in [0.1, 0.15) is 38.5 Å². The second-order valence-corrected chi connectivity index (χ2v) is 5.02. The minimum absolute atomic E-state index is 0.155. The first-order valence-electron chi connectivity index (χ1n) is 6.45. The summed E-state index contributed by atoms with van der Waals surface area (Å²) in [5.41, 5.74) is -0.238. The van der Waals surface area contributed by atoms with Crippen molar-refractivity contribution in [1.82, 2.24) is 5.32 Å². The van der Waals surface area contributed by atoms with Gasteiger partial charge < -0.3 is 15.2 Å². The first-order chi connectivity index (χ1) is 8.63. The largest absolute Gasteiger partial charge is 0.509 e. The fourth-order valence-electron chi connectivity index (χ4n) is 2.82. The van der Waals surface area contributed by atoms with Crippen molar-refractivity contribution in [3.8, 4) is 0 Å². The van der Waals surface area contributed by atoms with Gasteiger partial charge in [-0.3, -0.25) is 4.79 Å². The van der Waals surface area contributed by atoms with Crippen molar-refractivity contribution in [2.45, 2.75) is 44.6 Å². The molecule has 0 aromatic rings. The number of hydrogen-bond acceptors (Lipinski definition) is 4. The van der Waals surface area contributed by atoms with E-state index in [0.29, 0.717) is 12.3 Å². The van der Waals surface area contributed by atoms with Crippen molar-refractivity contribution in [1.29, 1.82) is 0 Å². The molecule has 1 unspecified atom stereocenters.